The molecule has 1 N–H and O–H groups in total. The summed E-state index contributed by atoms with van der Waals surface area (Å²) < 4.78 is 5.38. The molecule has 2 heteroatoms. The molecule has 2 aromatic rings. The van der Waals surface area contributed by atoms with Gasteiger partial charge < -0.3 is 9.73 Å². The van der Waals surface area contributed by atoms with E-state index in [4.69, 9.17) is 4.42 Å². The second-order valence-corrected chi connectivity index (χ2v) is 3.66. The quantitative estimate of drug-likeness (QED) is 0.825. The lowest BCUT2D eigenvalue weighted by molar-refractivity contribution is 0.582. The fourth-order valence-electron chi connectivity index (χ4n) is 1.75. The van der Waals surface area contributed by atoms with Gasteiger partial charge in [-0.15, -0.1) is 0 Å². The van der Waals surface area contributed by atoms with E-state index in [-0.39, 0.29) is 0 Å². The van der Waals surface area contributed by atoms with Crippen LogP contribution in [0.1, 0.15) is 11.1 Å². The molecule has 0 saturated heterocycles. The molecule has 0 atom stereocenters. The van der Waals surface area contributed by atoms with E-state index in [9.17, 15) is 0 Å². The number of hydrogen-bond acceptors (Lipinski definition) is 2. The van der Waals surface area contributed by atoms with E-state index in [0.717, 1.165) is 12.3 Å². The molecule has 0 fully saturated rings. The minimum absolute atomic E-state index is 0.902. The zero-order chi connectivity index (χ0) is 10.7. The summed E-state index contributed by atoms with van der Waals surface area (Å²) in [7, 11) is 1.95. The van der Waals surface area contributed by atoms with Crippen LogP contribution < -0.4 is 5.32 Å². The van der Waals surface area contributed by atoms with E-state index in [1.165, 1.54) is 16.7 Å². The summed E-state index contributed by atoms with van der Waals surface area (Å²) in [5, 5.41) is 3.14. The highest BCUT2D eigenvalue weighted by Crippen LogP contribution is 2.24. The zero-order valence-electron chi connectivity index (χ0n) is 9.08. The fourth-order valence-corrected chi connectivity index (χ4v) is 1.75. The fraction of sp³-hybridized carbons (Fsp3) is 0.231. The molecule has 1 heterocycles. The standard InChI is InChI=1S/C13H15NO/c1-10-8-11(9-14-2)5-6-12(10)13-4-3-7-15-13/h3-8,14H,9H2,1-2H3. The van der Waals surface area contributed by atoms with Gasteiger partial charge in [0.2, 0.25) is 0 Å². The van der Waals surface area contributed by atoms with Crippen molar-refractivity contribution in [1.82, 2.24) is 5.32 Å². The van der Waals surface area contributed by atoms with Gasteiger partial charge in [0, 0.05) is 12.1 Å². The van der Waals surface area contributed by atoms with Gasteiger partial charge in [-0.25, -0.2) is 0 Å². The summed E-state index contributed by atoms with van der Waals surface area (Å²) in [5.74, 6) is 0.934. The van der Waals surface area contributed by atoms with Crippen molar-refractivity contribution < 1.29 is 4.42 Å². The van der Waals surface area contributed by atoms with Crippen LogP contribution in [0.5, 0.6) is 0 Å². The zero-order valence-corrected chi connectivity index (χ0v) is 9.08. The van der Waals surface area contributed by atoms with Crippen molar-refractivity contribution in [3.05, 3.63) is 47.7 Å². The summed E-state index contributed by atoms with van der Waals surface area (Å²) in [6, 6.07) is 10.3. The van der Waals surface area contributed by atoms with Gasteiger partial charge in [-0.2, -0.15) is 0 Å². The van der Waals surface area contributed by atoms with Gasteiger partial charge in [0.1, 0.15) is 5.76 Å². The van der Waals surface area contributed by atoms with Crippen LogP contribution in [0.4, 0.5) is 0 Å². The van der Waals surface area contributed by atoms with Crippen LogP contribution in [0, 0.1) is 6.92 Å². The Hall–Kier alpha value is -1.54. The Bertz CT molecular complexity index is 432. The second kappa shape index (κ2) is 4.32. The van der Waals surface area contributed by atoms with Crippen molar-refractivity contribution >= 4 is 0 Å². The molecule has 0 spiro atoms. The Labute approximate surface area is 89.9 Å². The molecule has 0 aliphatic carbocycles. The minimum atomic E-state index is 0.902. The Kier molecular flexibility index (Phi) is 2.88. The molecule has 0 aliphatic rings. The molecular weight excluding hydrogens is 186 g/mol. The first-order valence-corrected chi connectivity index (χ1v) is 5.09. The van der Waals surface area contributed by atoms with Crippen molar-refractivity contribution in [2.24, 2.45) is 0 Å². The van der Waals surface area contributed by atoms with Crippen LogP contribution in [0.25, 0.3) is 11.3 Å². The van der Waals surface area contributed by atoms with Crippen LogP contribution in [-0.4, -0.2) is 7.05 Å². The average molecular weight is 201 g/mol. The van der Waals surface area contributed by atoms with Gasteiger partial charge >= 0.3 is 0 Å². The first-order valence-electron chi connectivity index (χ1n) is 5.09. The Morgan fingerprint density at radius 1 is 1.27 bits per heavy atom. The number of nitrogens with one attached hydrogen (secondary N) is 1. The molecular formula is C13H15NO. The van der Waals surface area contributed by atoms with E-state index in [1.807, 2.05) is 19.2 Å². The SMILES string of the molecule is CNCc1ccc(-c2ccco2)c(C)c1. The van der Waals surface area contributed by atoms with Crippen molar-refractivity contribution in [2.45, 2.75) is 13.5 Å². The summed E-state index contributed by atoms with van der Waals surface area (Å²) in [5.41, 5.74) is 3.71. The number of hydrogen-bond donors (Lipinski definition) is 1. The number of benzene rings is 1. The third kappa shape index (κ3) is 2.10. The third-order valence-electron chi connectivity index (χ3n) is 2.46. The Morgan fingerprint density at radius 3 is 2.73 bits per heavy atom. The highest BCUT2D eigenvalue weighted by atomic mass is 16.3. The summed E-state index contributed by atoms with van der Waals surface area (Å²) in [6.07, 6.45) is 1.70. The summed E-state index contributed by atoms with van der Waals surface area (Å²) >= 11 is 0. The molecule has 15 heavy (non-hydrogen) atoms. The number of furan rings is 1. The van der Waals surface area contributed by atoms with E-state index < -0.39 is 0 Å². The predicted octanol–water partition coefficient (Wildman–Crippen LogP) is 2.97. The van der Waals surface area contributed by atoms with E-state index in [2.05, 4.69) is 30.4 Å². The minimum Gasteiger partial charge on any atom is -0.464 e. The van der Waals surface area contributed by atoms with Crippen LogP contribution in [-0.2, 0) is 6.54 Å². The first-order chi connectivity index (χ1) is 7.31. The van der Waals surface area contributed by atoms with Crippen molar-refractivity contribution in [3.8, 4) is 11.3 Å². The summed E-state index contributed by atoms with van der Waals surface area (Å²) in [6.45, 7) is 3.01. The van der Waals surface area contributed by atoms with E-state index in [1.54, 1.807) is 6.26 Å². The first kappa shape index (κ1) is 9.99. The highest BCUT2D eigenvalue weighted by molar-refractivity contribution is 5.62. The largest absolute Gasteiger partial charge is 0.464 e. The molecule has 0 amide bonds. The van der Waals surface area contributed by atoms with E-state index >= 15 is 0 Å². The number of rotatable bonds is 3. The highest BCUT2D eigenvalue weighted by Gasteiger charge is 2.04. The normalized spacial score (nSPS) is 10.5. The van der Waals surface area contributed by atoms with Crippen LogP contribution >= 0.6 is 0 Å². The topological polar surface area (TPSA) is 25.2 Å². The van der Waals surface area contributed by atoms with E-state index in [0.29, 0.717) is 0 Å². The van der Waals surface area contributed by atoms with Gasteiger partial charge in [0.15, 0.2) is 0 Å². The third-order valence-corrected chi connectivity index (χ3v) is 2.46. The maximum atomic E-state index is 5.38. The molecule has 0 saturated carbocycles. The maximum absolute atomic E-state index is 5.38. The van der Waals surface area contributed by atoms with Gasteiger partial charge in [-0.3, -0.25) is 0 Å². The molecule has 78 valence electrons. The Morgan fingerprint density at radius 2 is 2.13 bits per heavy atom. The molecule has 1 aromatic heterocycles. The Balaban J connectivity index is 2.35. The lowest BCUT2D eigenvalue weighted by Gasteiger charge is -2.06. The molecule has 0 bridgehead atoms. The molecule has 1 aromatic carbocycles. The maximum Gasteiger partial charge on any atom is 0.134 e. The van der Waals surface area contributed by atoms with Crippen molar-refractivity contribution in [2.75, 3.05) is 7.05 Å². The lowest BCUT2D eigenvalue weighted by Crippen LogP contribution is -2.05. The van der Waals surface area contributed by atoms with Crippen LogP contribution in [0.15, 0.2) is 41.0 Å². The predicted molar refractivity (Wildman–Crippen MR) is 61.6 cm³/mol. The van der Waals surface area contributed by atoms with Gasteiger partial charge in [0.25, 0.3) is 0 Å². The van der Waals surface area contributed by atoms with Crippen LogP contribution in [0.3, 0.4) is 0 Å². The molecule has 0 aliphatic heterocycles. The van der Waals surface area contributed by atoms with Crippen molar-refractivity contribution in [1.29, 1.82) is 0 Å². The monoisotopic (exact) mass is 201 g/mol. The van der Waals surface area contributed by atoms with Gasteiger partial charge in [-0.1, -0.05) is 18.2 Å². The van der Waals surface area contributed by atoms with Gasteiger partial charge in [-0.05, 0) is 37.2 Å². The molecule has 0 unspecified atom stereocenters. The number of aryl methyl sites for hydroxylation is 1. The van der Waals surface area contributed by atoms with Gasteiger partial charge in [0.05, 0.1) is 6.26 Å². The summed E-state index contributed by atoms with van der Waals surface area (Å²) in [4.78, 5) is 0. The molecule has 2 rings (SSSR count). The lowest BCUT2D eigenvalue weighted by atomic mass is 10.0. The van der Waals surface area contributed by atoms with Crippen LogP contribution in [0.2, 0.25) is 0 Å². The smallest absolute Gasteiger partial charge is 0.134 e. The molecule has 2 nitrogen and oxygen atoms in total. The average Bonchev–Trinajstić information content (AvgIpc) is 2.71. The molecule has 0 radical (unpaired) electrons. The second-order valence-electron chi connectivity index (χ2n) is 3.66. The van der Waals surface area contributed by atoms with Crippen molar-refractivity contribution in [3.63, 3.8) is 0 Å².